The van der Waals surface area contributed by atoms with Gasteiger partial charge in [-0.1, -0.05) is 64.1 Å². The molecule has 2 aromatic heterocycles. The monoisotopic (exact) mass is 785 g/mol. The quantitative estimate of drug-likeness (QED) is 0.120. The molecule has 2 saturated carbocycles. The number of imidazole rings is 2. The van der Waals surface area contributed by atoms with Gasteiger partial charge in [0.15, 0.2) is 0 Å². The number of hydrogen-bond acceptors (Lipinski definition) is 8. The van der Waals surface area contributed by atoms with E-state index >= 15 is 0 Å². The first-order chi connectivity index (χ1) is 27.9. The average Bonchev–Trinajstić information content (AvgIpc) is 3.89. The number of aromatic amines is 2. The van der Waals surface area contributed by atoms with Gasteiger partial charge in [0, 0.05) is 13.1 Å². The molecule has 2 aliphatic carbocycles. The molecule has 13 heteroatoms. The van der Waals surface area contributed by atoms with Crippen LogP contribution in [0.2, 0.25) is 0 Å². The summed E-state index contributed by atoms with van der Waals surface area (Å²) in [6.45, 7) is 9.16. The van der Waals surface area contributed by atoms with Gasteiger partial charge < -0.3 is 34.6 Å². The molecule has 3 amide bonds. The number of esters is 1. The van der Waals surface area contributed by atoms with Crippen LogP contribution < -0.4 is 5.32 Å². The zero-order chi connectivity index (χ0) is 40.6. The number of carbonyl (C=O) groups excluding carboxylic acids is 4. The molecule has 4 heterocycles. The van der Waals surface area contributed by atoms with E-state index in [-0.39, 0.29) is 48.1 Å². The predicted molar refractivity (Wildman–Crippen MR) is 218 cm³/mol. The topological polar surface area (TPSA) is 163 Å². The van der Waals surface area contributed by atoms with Crippen LogP contribution in [-0.2, 0) is 23.9 Å². The van der Waals surface area contributed by atoms with Crippen LogP contribution in [0.4, 0.5) is 4.79 Å². The fourth-order valence-corrected chi connectivity index (χ4v) is 9.60. The zero-order valence-corrected chi connectivity index (χ0v) is 33.8. The molecule has 3 N–H and O–H groups in total. The molecular weight excluding hydrogens is 735 g/mol. The van der Waals surface area contributed by atoms with Crippen molar-refractivity contribution in [2.75, 3.05) is 27.3 Å². The molecule has 2 aliphatic heterocycles. The van der Waals surface area contributed by atoms with Crippen molar-refractivity contribution in [3.05, 3.63) is 72.3 Å². The highest BCUT2D eigenvalue weighted by atomic mass is 16.5. The molecule has 9 rings (SSSR count). The first-order valence-electron chi connectivity index (χ1n) is 20.5. The SMILES string of the molecule is COC(=O)C[C@H](C(=O)N1CC2CC2[C@H]1c1nc2ccc(-c3ccc(-c4ccc5nc(C6C7CC7CN6C(=O)[C@@H](NC(=O)OC)C(C)C)[nH]c5c4)cc3)cc2[nH]1)C(C)C. The smallest absolute Gasteiger partial charge is 0.407 e. The number of likely N-dealkylation sites (tertiary alicyclic amines) is 2. The van der Waals surface area contributed by atoms with E-state index in [0.29, 0.717) is 36.8 Å². The van der Waals surface area contributed by atoms with Crippen molar-refractivity contribution in [1.82, 2.24) is 35.1 Å². The molecule has 4 aliphatic rings. The van der Waals surface area contributed by atoms with Crippen molar-refractivity contribution in [1.29, 1.82) is 0 Å². The van der Waals surface area contributed by atoms with Gasteiger partial charge in [0.05, 0.1) is 60.7 Å². The Kier molecular flexibility index (Phi) is 9.51. The Morgan fingerprint density at radius 3 is 1.62 bits per heavy atom. The number of benzene rings is 3. The molecule has 0 bridgehead atoms. The third-order valence-electron chi connectivity index (χ3n) is 13.1. The Morgan fingerprint density at radius 2 is 1.17 bits per heavy atom. The second-order valence-electron chi connectivity index (χ2n) is 17.5. The van der Waals surface area contributed by atoms with Crippen LogP contribution in [0.15, 0.2) is 60.7 Å². The van der Waals surface area contributed by atoms with E-state index < -0.39 is 18.1 Å². The lowest BCUT2D eigenvalue weighted by Crippen LogP contribution is -2.51. The Balaban J connectivity index is 0.921. The fraction of sp³-hybridized carbons (Fsp3) is 0.467. The summed E-state index contributed by atoms with van der Waals surface area (Å²) in [6.07, 6.45) is 1.61. The number of H-pyrrole nitrogens is 2. The van der Waals surface area contributed by atoms with Gasteiger partial charge in [0.2, 0.25) is 11.8 Å². The van der Waals surface area contributed by atoms with Gasteiger partial charge >= 0.3 is 12.1 Å². The molecule has 13 nitrogen and oxygen atoms in total. The number of amides is 3. The number of fused-ring (bicyclic) bond motifs is 4. The zero-order valence-electron chi connectivity index (χ0n) is 33.8. The summed E-state index contributed by atoms with van der Waals surface area (Å²) >= 11 is 0. The summed E-state index contributed by atoms with van der Waals surface area (Å²) in [4.78, 5) is 72.8. The number of hydrogen-bond donors (Lipinski definition) is 3. The second kappa shape index (κ2) is 14.6. The molecule has 0 radical (unpaired) electrons. The summed E-state index contributed by atoms with van der Waals surface area (Å²) in [5.74, 6) is 2.23. The largest absolute Gasteiger partial charge is 0.469 e. The summed E-state index contributed by atoms with van der Waals surface area (Å²) in [7, 11) is 2.67. The molecule has 0 spiro atoms. The van der Waals surface area contributed by atoms with E-state index in [1.54, 1.807) is 0 Å². The van der Waals surface area contributed by atoms with Crippen LogP contribution in [0.5, 0.6) is 0 Å². The maximum atomic E-state index is 13.9. The lowest BCUT2D eigenvalue weighted by molar-refractivity contribution is -0.149. The van der Waals surface area contributed by atoms with E-state index in [0.717, 1.165) is 68.8 Å². The van der Waals surface area contributed by atoms with E-state index in [2.05, 4.69) is 63.8 Å². The van der Waals surface area contributed by atoms with Crippen molar-refractivity contribution in [2.24, 2.45) is 41.4 Å². The van der Waals surface area contributed by atoms with Gasteiger partial charge in [-0.3, -0.25) is 14.4 Å². The summed E-state index contributed by atoms with van der Waals surface area (Å²) in [5.41, 5.74) is 7.77. The molecule has 58 heavy (non-hydrogen) atoms. The van der Waals surface area contributed by atoms with Crippen LogP contribution in [0.1, 0.15) is 70.7 Å². The van der Waals surface area contributed by atoms with Crippen molar-refractivity contribution in [3.8, 4) is 22.3 Å². The van der Waals surface area contributed by atoms with Gasteiger partial charge in [-0.15, -0.1) is 0 Å². The first-order valence-corrected chi connectivity index (χ1v) is 20.5. The third-order valence-corrected chi connectivity index (χ3v) is 13.1. The van der Waals surface area contributed by atoms with Gasteiger partial charge in [-0.05, 0) is 94.9 Å². The van der Waals surface area contributed by atoms with Gasteiger partial charge in [-0.25, -0.2) is 14.8 Å². The first kappa shape index (κ1) is 37.8. The fourth-order valence-electron chi connectivity index (χ4n) is 9.60. The summed E-state index contributed by atoms with van der Waals surface area (Å²) < 4.78 is 9.72. The van der Waals surface area contributed by atoms with Crippen LogP contribution in [-0.4, -0.2) is 87.0 Å². The van der Waals surface area contributed by atoms with Crippen molar-refractivity contribution < 1.29 is 28.7 Å². The maximum absolute atomic E-state index is 13.9. The lowest BCUT2D eigenvalue weighted by atomic mass is 9.90. The molecule has 302 valence electrons. The average molecular weight is 786 g/mol. The predicted octanol–water partition coefficient (Wildman–Crippen LogP) is 7.03. The van der Waals surface area contributed by atoms with Crippen LogP contribution in [0, 0.1) is 41.4 Å². The highest BCUT2D eigenvalue weighted by molar-refractivity contribution is 5.88. The van der Waals surface area contributed by atoms with Gasteiger partial charge in [0.25, 0.3) is 0 Å². The summed E-state index contributed by atoms with van der Waals surface area (Å²) in [5, 5.41) is 2.74. The number of piperidine rings is 2. The summed E-state index contributed by atoms with van der Waals surface area (Å²) in [6, 6.07) is 20.0. The molecular formula is C45H51N7O6. The van der Waals surface area contributed by atoms with Gasteiger partial charge in [-0.2, -0.15) is 0 Å². The number of alkyl carbamates (subject to hydrolysis) is 1. The Labute approximate surface area is 337 Å². The number of methoxy groups -OCH3 is 2. The maximum Gasteiger partial charge on any atom is 0.407 e. The number of aromatic nitrogens is 4. The van der Waals surface area contributed by atoms with Gasteiger partial charge in [0.1, 0.15) is 17.7 Å². The normalized spacial score (nSPS) is 24.2. The number of carbonyl (C=O) groups is 4. The molecule has 8 atom stereocenters. The van der Waals surface area contributed by atoms with E-state index in [4.69, 9.17) is 19.4 Å². The Hall–Kier alpha value is -5.72. The minimum Gasteiger partial charge on any atom is -0.469 e. The highest BCUT2D eigenvalue weighted by Crippen LogP contribution is 2.57. The van der Waals surface area contributed by atoms with E-state index in [9.17, 15) is 19.2 Å². The molecule has 5 aromatic rings. The van der Waals surface area contributed by atoms with Crippen molar-refractivity contribution in [2.45, 2.75) is 65.1 Å². The van der Waals surface area contributed by atoms with Crippen molar-refractivity contribution in [3.63, 3.8) is 0 Å². The second-order valence-corrected chi connectivity index (χ2v) is 17.5. The molecule has 2 saturated heterocycles. The number of nitrogens with one attached hydrogen (secondary N) is 3. The van der Waals surface area contributed by atoms with Crippen molar-refractivity contribution >= 4 is 45.9 Å². The highest BCUT2D eigenvalue weighted by Gasteiger charge is 2.57. The number of rotatable bonds is 11. The molecule has 3 aromatic carbocycles. The standard InChI is InChI=1S/C45H51N7O6/c1-22(2)30(19-37(53)57-5)43(54)51-20-28-15-31(28)39(51)41-46-33-13-11-26(17-35(33)48-41)24-7-9-25(10-8-24)27-12-14-34-36(18-27)49-42(47-34)40-32-16-29(32)21-52(40)44(55)38(23(3)4)50-45(56)58-6/h7-14,17-18,22-23,28-32,38-40H,15-16,19-21H2,1-6H3,(H,46,48)(H,47,49)(H,50,56)/t28?,29?,30-,31?,32?,38-,39-,40?/m0/s1. The lowest BCUT2D eigenvalue weighted by Gasteiger charge is -2.31. The minimum atomic E-state index is -0.681. The molecule has 5 unspecified atom stereocenters. The van der Waals surface area contributed by atoms with Crippen LogP contribution in [0.3, 0.4) is 0 Å². The number of ether oxygens (including phenoxy) is 2. The van der Waals surface area contributed by atoms with E-state index in [1.165, 1.54) is 14.2 Å². The number of nitrogens with zero attached hydrogens (tertiary/aromatic N) is 4. The Morgan fingerprint density at radius 1 is 0.690 bits per heavy atom. The molecule has 4 fully saturated rings. The Bertz CT molecular complexity index is 2250. The van der Waals surface area contributed by atoms with Crippen LogP contribution in [0.25, 0.3) is 44.3 Å². The minimum absolute atomic E-state index is 0.000866. The van der Waals surface area contributed by atoms with E-state index in [1.807, 2.05) is 49.6 Å². The van der Waals surface area contributed by atoms with Crippen LogP contribution >= 0.6 is 0 Å². The third kappa shape index (κ3) is 6.77.